The number of nitrogens with zero attached hydrogens (tertiary/aromatic N) is 3. The van der Waals surface area contributed by atoms with Crippen molar-refractivity contribution in [1.29, 1.82) is 0 Å². The summed E-state index contributed by atoms with van der Waals surface area (Å²) in [6.45, 7) is 6.53. The number of carbonyl (C=O) groups excluding carboxylic acids is 1. The molecule has 0 saturated carbocycles. The van der Waals surface area contributed by atoms with Gasteiger partial charge in [0.25, 0.3) is 5.91 Å². The lowest BCUT2D eigenvalue weighted by molar-refractivity contribution is -0.00546. The van der Waals surface area contributed by atoms with Crippen LogP contribution in [0.3, 0.4) is 0 Å². The number of para-hydroxylation sites is 1. The minimum Gasteiger partial charge on any atom is -0.372 e. The lowest BCUT2D eigenvalue weighted by atomic mass is 10.2. The number of aromatic nitrogens is 1. The molecule has 2 aliphatic rings. The van der Waals surface area contributed by atoms with E-state index < -0.39 is 0 Å². The predicted molar refractivity (Wildman–Crippen MR) is 98.3 cm³/mol. The Morgan fingerprint density at radius 2 is 1.88 bits per heavy atom. The van der Waals surface area contributed by atoms with E-state index in [-0.39, 0.29) is 18.1 Å². The average molecular weight is 337 g/mol. The second-order valence-electron chi connectivity index (χ2n) is 6.90. The van der Waals surface area contributed by atoms with Gasteiger partial charge >= 0.3 is 0 Å². The summed E-state index contributed by atoms with van der Waals surface area (Å²) in [7, 11) is 0. The highest BCUT2D eigenvalue weighted by molar-refractivity contribution is 6.07. The second kappa shape index (κ2) is 6.48. The van der Waals surface area contributed by atoms with Crippen molar-refractivity contribution < 1.29 is 9.53 Å². The van der Waals surface area contributed by atoms with Crippen LogP contribution in [0.5, 0.6) is 0 Å². The number of ether oxygens (including phenoxy) is 1. The van der Waals surface area contributed by atoms with Gasteiger partial charge in [0.15, 0.2) is 0 Å². The molecule has 1 fully saturated rings. The molecule has 0 spiro atoms. The molecule has 2 aromatic rings. The van der Waals surface area contributed by atoms with Crippen molar-refractivity contribution in [3.05, 3.63) is 53.7 Å². The molecule has 2 aliphatic heterocycles. The Kier molecular flexibility index (Phi) is 4.17. The summed E-state index contributed by atoms with van der Waals surface area (Å²) in [4.78, 5) is 21.5. The summed E-state index contributed by atoms with van der Waals surface area (Å²) in [6.07, 6.45) is 2.99. The Labute approximate surface area is 148 Å². The summed E-state index contributed by atoms with van der Waals surface area (Å²) >= 11 is 0. The molecule has 0 unspecified atom stereocenters. The zero-order chi connectivity index (χ0) is 17.4. The molecule has 1 saturated heterocycles. The maximum Gasteiger partial charge on any atom is 0.259 e. The fourth-order valence-corrected chi connectivity index (χ4v) is 3.77. The smallest absolute Gasteiger partial charge is 0.259 e. The zero-order valence-corrected chi connectivity index (χ0v) is 14.7. The van der Waals surface area contributed by atoms with Crippen LogP contribution in [0.2, 0.25) is 0 Å². The first kappa shape index (κ1) is 16.1. The van der Waals surface area contributed by atoms with Gasteiger partial charge in [0.05, 0.1) is 17.8 Å². The number of amides is 1. The number of hydrogen-bond acceptors (Lipinski definition) is 4. The number of rotatable bonds is 2. The molecule has 130 valence electrons. The average Bonchev–Trinajstić information content (AvgIpc) is 3.04. The third-order valence-electron chi connectivity index (χ3n) is 4.87. The highest BCUT2D eigenvalue weighted by Gasteiger charge is 2.26. The second-order valence-corrected chi connectivity index (χ2v) is 6.90. The summed E-state index contributed by atoms with van der Waals surface area (Å²) in [5.74, 6) is 0.924. The van der Waals surface area contributed by atoms with Crippen LogP contribution in [0, 0.1) is 0 Å². The Morgan fingerprint density at radius 3 is 2.60 bits per heavy atom. The first-order valence-corrected chi connectivity index (χ1v) is 8.88. The van der Waals surface area contributed by atoms with E-state index in [4.69, 9.17) is 4.74 Å². The topological polar surface area (TPSA) is 45.7 Å². The molecule has 25 heavy (non-hydrogen) atoms. The highest BCUT2D eigenvalue weighted by atomic mass is 16.5. The van der Waals surface area contributed by atoms with Crippen LogP contribution < -0.4 is 9.80 Å². The van der Waals surface area contributed by atoms with E-state index in [0.717, 1.165) is 37.6 Å². The number of morpholine rings is 1. The molecular formula is C20H23N3O2. The molecule has 0 bridgehead atoms. The Bertz CT molecular complexity index is 765. The van der Waals surface area contributed by atoms with Crippen LogP contribution in [0.15, 0.2) is 42.6 Å². The van der Waals surface area contributed by atoms with Gasteiger partial charge in [-0.15, -0.1) is 0 Å². The van der Waals surface area contributed by atoms with E-state index in [9.17, 15) is 4.79 Å². The fraction of sp³-hybridized carbons (Fsp3) is 0.400. The Hall–Kier alpha value is -2.40. The molecular weight excluding hydrogens is 314 g/mol. The maximum atomic E-state index is 12.9. The third-order valence-corrected chi connectivity index (χ3v) is 4.87. The van der Waals surface area contributed by atoms with Gasteiger partial charge < -0.3 is 14.5 Å². The van der Waals surface area contributed by atoms with E-state index in [2.05, 4.69) is 29.8 Å². The van der Waals surface area contributed by atoms with Gasteiger partial charge in [0.1, 0.15) is 5.82 Å². The molecule has 1 aromatic heterocycles. The number of fused-ring (bicyclic) bond motifs is 1. The minimum absolute atomic E-state index is 0.0210. The predicted octanol–water partition coefficient (Wildman–Crippen LogP) is 2.90. The number of hydrogen-bond donors (Lipinski definition) is 0. The van der Waals surface area contributed by atoms with Gasteiger partial charge in [-0.05, 0) is 44.0 Å². The number of carbonyl (C=O) groups is 1. The van der Waals surface area contributed by atoms with Crippen molar-refractivity contribution in [3.8, 4) is 0 Å². The van der Waals surface area contributed by atoms with Crippen LogP contribution in [0.1, 0.15) is 29.8 Å². The first-order chi connectivity index (χ1) is 12.1. The highest BCUT2D eigenvalue weighted by Crippen LogP contribution is 2.29. The molecule has 0 N–H and O–H groups in total. The Morgan fingerprint density at radius 1 is 1.12 bits per heavy atom. The standard InChI is InChI=1S/C20H23N3O2/c1-14-12-22(13-15(2)25-14)19-8-7-17(11-21-19)20(24)23-10-9-16-5-3-4-6-18(16)23/h3-8,11,14-15H,9-10,12-13H2,1-2H3/t14-,15-/m0/s1. The summed E-state index contributed by atoms with van der Waals surface area (Å²) in [5.41, 5.74) is 2.89. The molecule has 2 atom stereocenters. The molecule has 0 aliphatic carbocycles. The molecule has 0 radical (unpaired) electrons. The van der Waals surface area contributed by atoms with Crippen molar-refractivity contribution in [1.82, 2.24) is 4.98 Å². The van der Waals surface area contributed by atoms with Crippen molar-refractivity contribution in [3.63, 3.8) is 0 Å². The van der Waals surface area contributed by atoms with Crippen molar-refractivity contribution in [2.75, 3.05) is 29.4 Å². The summed E-state index contributed by atoms with van der Waals surface area (Å²) < 4.78 is 5.77. The lowest BCUT2D eigenvalue weighted by Gasteiger charge is -2.36. The number of benzene rings is 1. The Balaban J connectivity index is 1.52. The SMILES string of the molecule is C[C@H]1CN(c2ccc(C(=O)N3CCc4ccccc43)cn2)C[C@H](C)O1. The van der Waals surface area contributed by atoms with Gasteiger partial charge in [0.2, 0.25) is 0 Å². The van der Waals surface area contributed by atoms with E-state index in [0.29, 0.717) is 5.56 Å². The van der Waals surface area contributed by atoms with Gasteiger partial charge in [-0.3, -0.25) is 4.79 Å². The summed E-state index contributed by atoms with van der Waals surface area (Å²) in [6, 6.07) is 11.9. The molecule has 3 heterocycles. The van der Waals surface area contributed by atoms with E-state index in [1.807, 2.05) is 35.2 Å². The lowest BCUT2D eigenvalue weighted by Crippen LogP contribution is -2.45. The molecule has 5 heteroatoms. The third kappa shape index (κ3) is 3.12. The molecule has 4 rings (SSSR count). The van der Waals surface area contributed by atoms with Gasteiger partial charge in [-0.2, -0.15) is 0 Å². The number of anilines is 2. The monoisotopic (exact) mass is 337 g/mol. The van der Waals surface area contributed by atoms with Gasteiger partial charge in [-0.1, -0.05) is 18.2 Å². The zero-order valence-electron chi connectivity index (χ0n) is 14.7. The van der Waals surface area contributed by atoms with Crippen LogP contribution in [-0.4, -0.2) is 42.7 Å². The first-order valence-electron chi connectivity index (χ1n) is 8.88. The van der Waals surface area contributed by atoms with E-state index >= 15 is 0 Å². The van der Waals surface area contributed by atoms with E-state index in [1.54, 1.807) is 6.20 Å². The minimum atomic E-state index is 0.0210. The molecule has 1 amide bonds. The van der Waals surface area contributed by atoms with Crippen LogP contribution >= 0.6 is 0 Å². The summed E-state index contributed by atoms with van der Waals surface area (Å²) in [5, 5.41) is 0. The molecule has 1 aromatic carbocycles. The van der Waals surface area contributed by atoms with Crippen molar-refractivity contribution in [2.24, 2.45) is 0 Å². The number of pyridine rings is 1. The largest absolute Gasteiger partial charge is 0.372 e. The quantitative estimate of drug-likeness (QED) is 0.845. The fourth-order valence-electron chi connectivity index (χ4n) is 3.77. The molecule has 5 nitrogen and oxygen atoms in total. The van der Waals surface area contributed by atoms with Crippen LogP contribution in [-0.2, 0) is 11.2 Å². The van der Waals surface area contributed by atoms with Crippen LogP contribution in [0.25, 0.3) is 0 Å². The maximum absolute atomic E-state index is 12.9. The van der Waals surface area contributed by atoms with Crippen molar-refractivity contribution >= 4 is 17.4 Å². The van der Waals surface area contributed by atoms with Gasteiger partial charge in [-0.25, -0.2) is 4.98 Å². The van der Waals surface area contributed by atoms with Crippen molar-refractivity contribution in [2.45, 2.75) is 32.5 Å². The normalized spacial score (nSPS) is 22.8. The van der Waals surface area contributed by atoms with Gasteiger partial charge in [0, 0.05) is 31.5 Å². The van der Waals surface area contributed by atoms with Crippen LogP contribution in [0.4, 0.5) is 11.5 Å². The van der Waals surface area contributed by atoms with E-state index in [1.165, 1.54) is 5.56 Å².